The Morgan fingerprint density at radius 2 is 1.44 bits per heavy atom. The highest BCUT2D eigenvalue weighted by atomic mass is 16.5. The summed E-state index contributed by atoms with van der Waals surface area (Å²) in [6, 6.07) is 35.1. The minimum absolute atomic E-state index is 0.304. The Kier molecular flexibility index (Phi) is 6.63. The van der Waals surface area contributed by atoms with Crippen LogP contribution in [0.25, 0.3) is 22.3 Å². The first-order valence-electron chi connectivity index (χ1n) is 12.8. The lowest BCUT2D eigenvalue weighted by Gasteiger charge is -2.37. The van der Waals surface area contributed by atoms with Gasteiger partial charge in [0.25, 0.3) is 0 Å². The summed E-state index contributed by atoms with van der Waals surface area (Å²) in [6.07, 6.45) is 2.11. The average molecular weight is 473 g/mol. The normalized spacial score (nSPS) is 15.5. The Morgan fingerprint density at radius 1 is 0.750 bits per heavy atom. The molecule has 1 atom stereocenters. The number of rotatable bonds is 6. The summed E-state index contributed by atoms with van der Waals surface area (Å²) in [7, 11) is 1.76. The molecule has 1 N–H and O–H groups in total. The van der Waals surface area contributed by atoms with E-state index in [9.17, 15) is 5.11 Å². The van der Waals surface area contributed by atoms with Crippen molar-refractivity contribution < 1.29 is 9.76 Å². The molecule has 4 aromatic rings. The van der Waals surface area contributed by atoms with Gasteiger partial charge < -0.3 is 9.76 Å². The van der Waals surface area contributed by atoms with Gasteiger partial charge in [-0.05, 0) is 85.5 Å². The van der Waals surface area contributed by atoms with E-state index in [2.05, 4.69) is 97.1 Å². The lowest BCUT2D eigenvalue weighted by molar-refractivity contribution is -0.0893. The molecule has 0 spiro atoms. The third-order valence-corrected chi connectivity index (χ3v) is 7.85. The molecule has 1 unspecified atom stereocenters. The first-order chi connectivity index (χ1) is 17.2. The standard InChI is InChI=1S/C33H34BO2/c1-32(2,35)33(3,4)36-34-27-18-14-25(15-19-27)29-20-16-24-12-8-9-13-28(24)30-21-17-26(22-31(29)30)23-10-6-5-7-11-23/h5-15,17-19,21-22,29,35H,16,20H2,1-4H3. The number of aryl methyl sites for hydroxylation is 1. The molecule has 1 aliphatic rings. The van der Waals surface area contributed by atoms with Crippen molar-refractivity contribution in [2.45, 2.75) is 57.7 Å². The Morgan fingerprint density at radius 3 is 2.17 bits per heavy atom. The third kappa shape index (κ3) is 4.91. The smallest absolute Gasteiger partial charge is 0.330 e. The van der Waals surface area contributed by atoms with Crippen molar-refractivity contribution in [3.63, 3.8) is 0 Å². The molecule has 1 radical (unpaired) electrons. The average Bonchev–Trinajstić information content (AvgIpc) is 3.04. The zero-order chi connectivity index (χ0) is 25.3. The first kappa shape index (κ1) is 24.6. The predicted octanol–water partition coefficient (Wildman–Crippen LogP) is 6.91. The molecule has 1 aliphatic carbocycles. The fourth-order valence-electron chi connectivity index (χ4n) is 4.88. The van der Waals surface area contributed by atoms with Crippen LogP contribution >= 0.6 is 0 Å². The van der Waals surface area contributed by atoms with Gasteiger partial charge in [-0.1, -0.05) is 96.5 Å². The number of benzene rings is 4. The lowest BCUT2D eigenvalue weighted by Crippen LogP contribution is -2.49. The van der Waals surface area contributed by atoms with Gasteiger partial charge >= 0.3 is 7.48 Å². The minimum atomic E-state index is -0.945. The summed E-state index contributed by atoms with van der Waals surface area (Å²) in [5, 5.41) is 10.4. The summed E-state index contributed by atoms with van der Waals surface area (Å²) in [4.78, 5) is 0. The molecular formula is C33H34BO2. The van der Waals surface area contributed by atoms with Crippen LogP contribution in [-0.4, -0.2) is 23.8 Å². The van der Waals surface area contributed by atoms with Crippen molar-refractivity contribution in [2.75, 3.05) is 0 Å². The van der Waals surface area contributed by atoms with E-state index in [4.69, 9.17) is 4.65 Å². The molecule has 5 rings (SSSR count). The molecular weight excluding hydrogens is 439 g/mol. The van der Waals surface area contributed by atoms with E-state index < -0.39 is 11.2 Å². The van der Waals surface area contributed by atoms with Gasteiger partial charge in [0.05, 0.1) is 11.2 Å². The summed E-state index contributed by atoms with van der Waals surface area (Å²) in [5.41, 5.74) is 8.65. The van der Waals surface area contributed by atoms with E-state index in [1.165, 1.54) is 38.9 Å². The first-order valence-corrected chi connectivity index (χ1v) is 12.8. The van der Waals surface area contributed by atoms with E-state index in [-0.39, 0.29) is 0 Å². The maximum Gasteiger partial charge on any atom is 0.330 e. The van der Waals surface area contributed by atoms with E-state index in [1.807, 2.05) is 13.8 Å². The zero-order valence-corrected chi connectivity index (χ0v) is 21.7. The maximum absolute atomic E-state index is 10.4. The summed E-state index contributed by atoms with van der Waals surface area (Å²) >= 11 is 0. The van der Waals surface area contributed by atoms with Gasteiger partial charge in [-0.25, -0.2) is 0 Å². The van der Waals surface area contributed by atoms with Crippen LogP contribution in [0.5, 0.6) is 0 Å². The molecule has 36 heavy (non-hydrogen) atoms. The second-order valence-corrected chi connectivity index (χ2v) is 10.9. The van der Waals surface area contributed by atoms with E-state index in [0.29, 0.717) is 5.92 Å². The van der Waals surface area contributed by atoms with Gasteiger partial charge in [-0.15, -0.1) is 0 Å². The highest BCUT2D eigenvalue weighted by molar-refractivity contribution is 6.47. The fraction of sp³-hybridized carbons (Fsp3) is 0.273. The Labute approximate surface area is 216 Å². The highest BCUT2D eigenvalue weighted by Crippen LogP contribution is 2.42. The molecule has 0 saturated carbocycles. The fourth-order valence-corrected chi connectivity index (χ4v) is 4.88. The van der Waals surface area contributed by atoms with Gasteiger partial charge in [0.2, 0.25) is 0 Å². The Balaban J connectivity index is 1.49. The summed E-state index contributed by atoms with van der Waals surface area (Å²) in [5.74, 6) is 0.304. The summed E-state index contributed by atoms with van der Waals surface area (Å²) in [6.45, 7) is 7.36. The van der Waals surface area contributed by atoms with Crippen LogP contribution in [0.3, 0.4) is 0 Å². The van der Waals surface area contributed by atoms with Crippen molar-refractivity contribution >= 4 is 12.9 Å². The SMILES string of the molecule is CC(C)(O)C(C)(C)O[B]c1ccc(C2CCc3ccccc3-c3ccc(-c4ccccc4)cc32)cc1. The number of hydrogen-bond acceptors (Lipinski definition) is 2. The quantitative estimate of drug-likeness (QED) is 0.309. The van der Waals surface area contributed by atoms with E-state index in [0.717, 1.165) is 18.3 Å². The molecule has 0 aromatic heterocycles. The Bertz CT molecular complexity index is 1330. The monoisotopic (exact) mass is 473 g/mol. The van der Waals surface area contributed by atoms with Crippen molar-refractivity contribution in [3.05, 3.63) is 114 Å². The molecule has 3 heteroatoms. The topological polar surface area (TPSA) is 29.5 Å². The molecule has 2 nitrogen and oxygen atoms in total. The summed E-state index contributed by atoms with van der Waals surface area (Å²) < 4.78 is 5.97. The molecule has 0 heterocycles. The second-order valence-electron chi connectivity index (χ2n) is 10.9. The van der Waals surface area contributed by atoms with Crippen LogP contribution in [0, 0.1) is 0 Å². The van der Waals surface area contributed by atoms with Crippen molar-refractivity contribution in [1.29, 1.82) is 0 Å². The van der Waals surface area contributed by atoms with Crippen LogP contribution < -0.4 is 5.46 Å². The predicted molar refractivity (Wildman–Crippen MR) is 151 cm³/mol. The second kappa shape index (κ2) is 9.73. The van der Waals surface area contributed by atoms with E-state index in [1.54, 1.807) is 21.3 Å². The van der Waals surface area contributed by atoms with Gasteiger partial charge in [-0.3, -0.25) is 0 Å². The molecule has 0 fully saturated rings. The molecule has 0 bridgehead atoms. The largest absolute Gasteiger partial charge is 0.427 e. The van der Waals surface area contributed by atoms with Crippen LogP contribution in [-0.2, 0) is 11.1 Å². The molecule has 0 saturated heterocycles. The number of fused-ring (bicyclic) bond motifs is 3. The van der Waals surface area contributed by atoms with Crippen LogP contribution in [0.1, 0.15) is 56.7 Å². The van der Waals surface area contributed by atoms with Crippen LogP contribution in [0.2, 0.25) is 0 Å². The van der Waals surface area contributed by atoms with Gasteiger partial charge in [0, 0.05) is 5.92 Å². The maximum atomic E-state index is 10.4. The van der Waals surface area contributed by atoms with Crippen LogP contribution in [0.4, 0.5) is 0 Å². The van der Waals surface area contributed by atoms with E-state index >= 15 is 0 Å². The minimum Gasteiger partial charge on any atom is -0.427 e. The number of hydrogen-bond donors (Lipinski definition) is 1. The van der Waals surface area contributed by atoms with Crippen molar-refractivity contribution in [2.24, 2.45) is 0 Å². The molecule has 0 aliphatic heterocycles. The highest BCUT2D eigenvalue weighted by Gasteiger charge is 2.35. The Hall–Kier alpha value is -3.14. The van der Waals surface area contributed by atoms with Gasteiger partial charge in [0.15, 0.2) is 0 Å². The third-order valence-electron chi connectivity index (χ3n) is 7.85. The van der Waals surface area contributed by atoms with Crippen molar-refractivity contribution in [3.8, 4) is 22.3 Å². The van der Waals surface area contributed by atoms with Crippen LogP contribution in [0.15, 0.2) is 97.1 Å². The zero-order valence-electron chi connectivity index (χ0n) is 21.7. The molecule has 4 aromatic carbocycles. The molecule has 0 amide bonds. The van der Waals surface area contributed by atoms with Crippen molar-refractivity contribution in [1.82, 2.24) is 0 Å². The number of aliphatic hydroxyl groups is 1. The molecule has 181 valence electrons. The van der Waals surface area contributed by atoms with Gasteiger partial charge in [0.1, 0.15) is 0 Å². The lowest BCUT2D eigenvalue weighted by atomic mass is 9.80. The van der Waals surface area contributed by atoms with Gasteiger partial charge in [-0.2, -0.15) is 0 Å².